The van der Waals surface area contributed by atoms with Crippen molar-refractivity contribution in [3.8, 4) is 0 Å². The standard InChI is InChI=1S/C13H23N5O2.2ClH/c1-10-12(14-5-9-20-10)13(19)15-11-4-6-18(16-11)8-7-17(2)3;;/h4,6,10,12,14H,5,7-9H2,1-3H3,(H,15,16,19);2*1H/t10-,12+;;/m1../s1. The van der Waals surface area contributed by atoms with Crippen LogP contribution < -0.4 is 10.6 Å². The number of hydrogen-bond acceptors (Lipinski definition) is 5. The maximum Gasteiger partial charge on any atom is 0.245 e. The first-order valence-corrected chi connectivity index (χ1v) is 6.90. The lowest BCUT2D eigenvalue weighted by atomic mass is 10.1. The molecule has 0 aliphatic carbocycles. The zero-order chi connectivity index (χ0) is 14.5. The summed E-state index contributed by atoms with van der Waals surface area (Å²) in [5.74, 6) is 0.475. The van der Waals surface area contributed by atoms with E-state index in [9.17, 15) is 4.79 Å². The second-order valence-electron chi connectivity index (χ2n) is 5.26. The first-order chi connectivity index (χ1) is 9.56. The fourth-order valence-corrected chi connectivity index (χ4v) is 2.09. The maximum absolute atomic E-state index is 12.1. The molecule has 7 nitrogen and oxygen atoms in total. The first-order valence-electron chi connectivity index (χ1n) is 6.90. The highest BCUT2D eigenvalue weighted by Gasteiger charge is 2.28. The molecule has 2 heterocycles. The van der Waals surface area contributed by atoms with Crippen molar-refractivity contribution in [2.24, 2.45) is 0 Å². The summed E-state index contributed by atoms with van der Waals surface area (Å²) in [6.45, 7) is 4.93. The molecule has 1 aliphatic heterocycles. The van der Waals surface area contributed by atoms with Crippen molar-refractivity contribution in [3.05, 3.63) is 12.3 Å². The third-order valence-corrected chi connectivity index (χ3v) is 3.27. The van der Waals surface area contributed by atoms with Gasteiger partial charge in [0.05, 0.1) is 19.3 Å². The van der Waals surface area contributed by atoms with Gasteiger partial charge in [-0.25, -0.2) is 0 Å². The number of carbonyl (C=O) groups excluding carboxylic acids is 1. The molecule has 1 saturated heterocycles. The largest absolute Gasteiger partial charge is 0.375 e. The molecule has 1 fully saturated rings. The van der Waals surface area contributed by atoms with Gasteiger partial charge in [0.2, 0.25) is 5.91 Å². The van der Waals surface area contributed by atoms with Gasteiger partial charge in [0.15, 0.2) is 5.82 Å². The Morgan fingerprint density at radius 3 is 2.91 bits per heavy atom. The lowest BCUT2D eigenvalue weighted by Gasteiger charge is -2.28. The molecule has 1 aromatic heterocycles. The molecule has 1 aliphatic rings. The molecule has 9 heteroatoms. The average molecular weight is 354 g/mol. The summed E-state index contributed by atoms with van der Waals surface area (Å²) < 4.78 is 7.29. The molecule has 2 atom stereocenters. The third-order valence-electron chi connectivity index (χ3n) is 3.27. The fraction of sp³-hybridized carbons (Fsp3) is 0.692. The SMILES string of the molecule is C[C@H]1OCCN[C@@H]1C(=O)Nc1ccn(CCN(C)C)n1.Cl.Cl. The van der Waals surface area contributed by atoms with Gasteiger partial charge >= 0.3 is 0 Å². The van der Waals surface area contributed by atoms with Crippen LogP contribution in [-0.2, 0) is 16.1 Å². The molecule has 0 saturated carbocycles. The number of halogens is 2. The second-order valence-corrected chi connectivity index (χ2v) is 5.26. The van der Waals surface area contributed by atoms with E-state index in [4.69, 9.17) is 4.74 Å². The Morgan fingerprint density at radius 1 is 1.55 bits per heavy atom. The number of ether oxygens (including phenoxy) is 1. The molecular formula is C13H25Cl2N5O2. The number of nitrogens with zero attached hydrogens (tertiary/aromatic N) is 3. The smallest absolute Gasteiger partial charge is 0.245 e. The first kappa shape index (κ1) is 21.1. The predicted octanol–water partition coefficient (Wildman–Crippen LogP) is 0.604. The van der Waals surface area contributed by atoms with Crippen molar-refractivity contribution in [2.45, 2.75) is 25.6 Å². The van der Waals surface area contributed by atoms with Gasteiger partial charge in [-0.1, -0.05) is 0 Å². The van der Waals surface area contributed by atoms with Gasteiger partial charge in [-0.15, -0.1) is 24.8 Å². The van der Waals surface area contributed by atoms with E-state index in [2.05, 4.69) is 20.6 Å². The number of likely N-dealkylation sites (N-methyl/N-ethyl adjacent to an activating group) is 1. The Labute approximate surface area is 143 Å². The van der Waals surface area contributed by atoms with Gasteiger partial charge in [0.1, 0.15) is 6.04 Å². The molecule has 0 radical (unpaired) electrons. The van der Waals surface area contributed by atoms with Crippen molar-refractivity contribution in [2.75, 3.05) is 39.1 Å². The maximum atomic E-state index is 12.1. The number of aromatic nitrogens is 2. The van der Waals surface area contributed by atoms with Crippen LogP contribution in [0.15, 0.2) is 12.3 Å². The summed E-state index contributed by atoms with van der Waals surface area (Å²) in [5.41, 5.74) is 0. The lowest BCUT2D eigenvalue weighted by Crippen LogP contribution is -2.53. The molecule has 0 unspecified atom stereocenters. The van der Waals surface area contributed by atoms with E-state index in [0.717, 1.165) is 13.1 Å². The van der Waals surface area contributed by atoms with E-state index in [1.807, 2.05) is 38.0 Å². The van der Waals surface area contributed by atoms with Crippen LogP contribution in [0.2, 0.25) is 0 Å². The summed E-state index contributed by atoms with van der Waals surface area (Å²) in [7, 11) is 4.03. The number of hydrogen-bond donors (Lipinski definition) is 2. The Bertz CT molecular complexity index is 455. The number of nitrogens with one attached hydrogen (secondary N) is 2. The second kappa shape index (κ2) is 10.0. The van der Waals surface area contributed by atoms with Crippen LogP contribution in [-0.4, -0.2) is 66.5 Å². The summed E-state index contributed by atoms with van der Waals surface area (Å²) in [6.07, 6.45) is 1.74. The van der Waals surface area contributed by atoms with Crippen LogP contribution in [0.1, 0.15) is 6.92 Å². The number of anilines is 1. The molecular weight excluding hydrogens is 329 g/mol. The molecule has 2 rings (SSSR count). The van der Waals surface area contributed by atoms with E-state index >= 15 is 0 Å². The molecule has 22 heavy (non-hydrogen) atoms. The van der Waals surface area contributed by atoms with E-state index in [1.54, 1.807) is 0 Å². The molecule has 0 bridgehead atoms. The van der Waals surface area contributed by atoms with Gasteiger partial charge in [0.25, 0.3) is 0 Å². The van der Waals surface area contributed by atoms with E-state index in [1.165, 1.54) is 0 Å². The van der Waals surface area contributed by atoms with Crippen LogP contribution in [0.3, 0.4) is 0 Å². The van der Waals surface area contributed by atoms with Gasteiger partial charge in [0, 0.05) is 25.4 Å². The number of carbonyl (C=O) groups is 1. The zero-order valence-corrected chi connectivity index (χ0v) is 14.7. The van der Waals surface area contributed by atoms with E-state index in [-0.39, 0.29) is 42.9 Å². The van der Waals surface area contributed by atoms with E-state index in [0.29, 0.717) is 19.0 Å². The summed E-state index contributed by atoms with van der Waals surface area (Å²) in [4.78, 5) is 14.2. The van der Waals surface area contributed by atoms with Crippen LogP contribution >= 0.6 is 24.8 Å². The van der Waals surface area contributed by atoms with Crippen LogP contribution in [0.5, 0.6) is 0 Å². The Balaban J connectivity index is 0.00000220. The average Bonchev–Trinajstić information content (AvgIpc) is 2.84. The lowest BCUT2D eigenvalue weighted by molar-refractivity contribution is -0.123. The minimum absolute atomic E-state index is 0. The van der Waals surface area contributed by atoms with Gasteiger partial charge in [-0.3, -0.25) is 9.48 Å². The summed E-state index contributed by atoms with van der Waals surface area (Å²) >= 11 is 0. The number of amides is 1. The van der Waals surface area contributed by atoms with Crippen LogP contribution in [0.25, 0.3) is 0 Å². The highest BCUT2D eigenvalue weighted by atomic mass is 35.5. The Kier molecular flexibility index (Phi) is 9.63. The minimum atomic E-state index is -0.323. The minimum Gasteiger partial charge on any atom is -0.375 e. The van der Waals surface area contributed by atoms with Crippen molar-refractivity contribution < 1.29 is 9.53 Å². The molecule has 1 amide bonds. The fourth-order valence-electron chi connectivity index (χ4n) is 2.09. The van der Waals surface area contributed by atoms with Crippen molar-refractivity contribution in [1.82, 2.24) is 20.0 Å². The zero-order valence-electron chi connectivity index (χ0n) is 13.1. The molecule has 0 spiro atoms. The molecule has 2 N–H and O–H groups in total. The quantitative estimate of drug-likeness (QED) is 0.811. The Hall–Kier alpha value is -0.860. The normalized spacial score (nSPS) is 20.9. The van der Waals surface area contributed by atoms with Crippen LogP contribution in [0.4, 0.5) is 5.82 Å². The van der Waals surface area contributed by atoms with Gasteiger partial charge < -0.3 is 20.3 Å². The number of rotatable bonds is 5. The van der Waals surface area contributed by atoms with Gasteiger partial charge in [-0.05, 0) is 21.0 Å². The van der Waals surface area contributed by atoms with Crippen molar-refractivity contribution in [3.63, 3.8) is 0 Å². The van der Waals surface area contributed by atoms with E-state index < -0.39 is 0 Å². The Morgan fingerprint density at radius 2 is 2.27 bits per heavy atom. The number of morpholine rings is 1. The summed E-state index contributed by atoms with van der Waals surface area (Å²) in [6, 6.07) is 1.48. The molecule has 128 valence electrons. The van der Waals surface area contributed by atoms with Gasteiger partial charge in [-0.2, -0.15) is 5.10 Å². The molecule has 0 aromatic carbocycles. The highest BCUT2D eigenvalue weighted by molar-refractivity contribution is 5.94. The summed E-state index contributed by atoms with van der Waals surface area (Å²) in [5, 5.41) is 10.3. The van der Waals surface area contributed by atoms with Crippen molar-refractivity contribution in [1.29, 1.82) is 0 Å². The monoisotopic (exact) mass is 353 g/mol. The predicted molar refractivity (Wildman–Crippen MR) is 91.1 cm³/mol. The molecule has 1 aromatic rings. The van der Waals surface area contributed by atoms with Crippen LogP contribution in [0, 0.1) is 0 Å². The third kappa shape index (κ3) is 6.10. The highest BCUT2D eigenvalue weighted by Crippen LogP contribution is 2.08. The van der Waals surface area contributed by atoms with Crippen molar-refractivity contribution >= 4 is 36.5 Å². The topological polar surface area (TPSA) is 71.4 Å².